The molecule has 8 heterocycles. The van der Waals surface area contributed by atoms with Crippen LogP contribution in [0.4, 0.5) is 15.3 Å². The van der Waals surface area contributed by atoms with Gasteiger partial charge in [-0.3, -0.25) is 0 Å². The number of oxazole rings is 4. The Morgan fingerprint density at radius 2 is 0.609 bits per heavy atom. The summed E-state index contributed by atoms with van der Waals surface area (Å²) in [5.74, 6) is 1.21. The molecule has 0 atom stereocenters. The molecule has 0 radical (unpaired) electrons. The Bertz CT molecular complexity index is 6580. The summed E-state index contributed by atoms with van der Waals surface area (Å²) in [5.41, 5.74) is 5.16. The number of aromatic nitrogens is 4. The molecule has 39 heteroatoms. The van der Waals surface area contributed by atoms with E-state index in [4.69, 9.17) is 96.4 Å². The zero-order valence-electron chi connectivity index (χ0n) is 82.9. The summed E-state index contributed by atoms with van der Waals surface area (Å²) in [6.07, 6.45) is 10.7. The van der Waals surface area contributed by atoms with Crippen LogP contribution in [-0.4, -0.2) is 201 Å². The Hall–Kier alpha value is -6.47. The van der Waals surface area contributed by atoms with E-state index in [-0.39, 0.29) is 153 Å². The minimum Gasteiger partial charge on any atom is -0.504 e. The molecule has 3 saturated carbocycles. The van der Waals surface area contributed by atoms with Gasteiger partial charge < -0.3 is 57.6 Å². The van der Waals surface area contributed by atoms with E-state index in [1.165, 1.54) is 54.8 Å². The lowest BCUT2D eigenvalue weighted by Crippen LogP contribution is -2.47. The average molecular weight is 2070 g/mol. The number of ether oxygens (including phenoxy) is 2. The average Bonchev–Trinajstić information content (AvgIpc) is 1.59. The van der Waals surface area contributed by atoms with Crippen molar-refractivity contribution >= 4 is 182 Å². The fourth-order valence-corrected chi connectivity index (χ4v) is 27.6. The Morgan fingerprint density at radius 3 is 0.880 bits per heavy atom. The van der Waals surface area contributed by atoms with Crippen LogP contribution in [0.3, 0.4) is 0 Å². The molecule has 7 aliphatic rings. The van der Waals surface area contributed by atoms with E-state index in [1.54, 1.807) is 82.8 Å². The second-order valence-electron chi connectivity index (χ2n) is 40.9. The number of hydrogen-bond donors (Lipinski definition) is 2. The summed E-state index contributed by atoms with van der Waals surface area (Å²) in [7, 11) is -20.1. The van der Waals surface area contributed by atoms with E-state index in [1.807, 2.05) is 83.1 Å². The topological polar surface area (TPSA) is 387 Å². The number of halogens is 6. The van der Waals surface area contributed by atoms with Crippen LogP contribution in [0, 0.1) is 0 Å². The molecule has 5 aromatic carbocycles. The van der Waals surface area contributed by atoms with E-state index in [0.29, 0.717) is 123 Å². The minimum absolute atomic E-state index is 0. The van der Waals surface area contributed by atoms with Gasteiger partial charge in [-0.25, -0.2) is 71.6 Å². The number of carbonyl (C=O) groups excluding carboxylic acids is 2. The van der Waals surface area contributed by atoms with Gasteiger partial charge in [0.15, 0.2) is 77.3 Å². The van der Waals surface area contributed by atoms with Gasteiger partial charge in [0.2, 0.25) is 23.6 Å². The molecular formula is C94H129Cl6N9O19S5. The molecular weight excluding hydrogens is 1930 g/mol. The van der Waals surface area contributed by atoms with Gasteiger partial charge in [-0.1, -0.05) is 173 Å². The Balaban J connectivity index is 0.000000165. The monoisotopic (exact) mass is 2060 g/mol. The van der Waals surface area contributed by atoms with Crippen LogP contribution < -0.4 is 5.73 Å². The third kappa shape index (κ3) is 24.3. The largest absolute Gasteiger partial charge is 0.504 e. The number of phenolic OH excluding ortho intramolecular Hbond substituents is 1. The van der Waals surface area contributed by atoms with Gasteiger partial charge >= 0.3 is 12.2 Å². The fraction of sp³-hybridized carbons (Fsp3) is 0.617. The number of sulfone groups is 5. The van der Waals surface area contributed by atoms with Gasteiger partial charge in [0, 0.05) is 65.4 Å². The first-order chi connectivity index (χ1) is 62.6. The predicted octanol–water partition coefficient (Wildman–Crippen LogP) is 22.2. The predicted molar refractivity (Wildman–Crippen MR) is 525 cm³/mol. The normalized spacial score (nSPS) is 19.9. The van der Waals surface area contributed by atoms with Crippen LogP contribution in [0.25, 0.3) is 44.4 Å². The summed E-state index contributed by atoms with van der Waals surface area (Å²) in [6, 6.07) is 16.5. The molecule has 0 bridgehead atoms. The van der Waals surface area contributed by atoms with Gasteiger partial charge in [0.25, 0.3) is 0 Å². The maximum absolute atomic E-state index is 13.6. The zero-order valence-corrected chi connectivity index (χ0v) is 87.6. The molecule has 0 spiro atoms. The van der Waals surface area contributed by atoms with Crippen LogP contribution in [0.1, 0.15) is 276 Å². The molecule has 2 amide bonds. The van der Waals surface area contributed by atoms with Crippen LogP contribution in [0.15, 0.2) is 103 Å². The minimum atomic E-state index is -4.21. The van der Waals surface area contributed by atoms with Crippen LogP contribution >= 0.6 is 70.4 Å². The second kappa shape index (κ2) is 41.1. The smallest absolute Gasteiger partial charge is 0.410 e. The van der Waals surface area contributed by atoms with Crippen molar-refractivity contribution in [1.82, 2.24) is 39.5 Å². The quantitative estimate of drug-likeness (QED) is 0.0847. The van der Waals surface area contributed by atoms with Crippen molar-refractivity contribution in [3.63, 3.8) is 0 Å². The second-order valence-corrected chi connectivity index (χ2v) is 53.1. The maximum atomic E-state index is 13.6. The summed E-state index contributed by atoms with van der Waals surface area (Å²) in [6.45, 7) is 37.1. The fourth-order valence-electron chi connectivity index (χ4n) is 16.4. The lowest BCUT2D eigenvalue weighted by atomic mass is 9.90. The molecule has 4 aromatic heterocycles. The number of piperidine rings is 4. The molecule has 0 unspecified atom stereocenters. The van der Waals surface area contributed by atoms with E-state index in [0.717, 1.165) is 32.1 Å². The first-order valence-corrected chi connectivity index (χ1v) is 54.3. The molecule has 4 saturated heterocycles. The van der Waals surface area contributed by atoms with Gasteiger partial charge in [0.05, 0.1) is 57.0 Å². The zero-order chi connectivity index (χ0) is 101. The maximum Gasteiger partial charge on any atom is 0.410 e. The highest BCUT2D eigenvalue weighted by atomic mass is 35.5. The highest BCUT2D eigenvalue weighted by Gasteiger charge is 2.45. The lowest BCUT2D eigenvalue weighted by molar-refractivity contribution is 0.0207. The molecule has 7 fully saturated rings. The van der Waals surface area contributed by atoms with Gasteiger partial charge in [-0.05, 0) is 218 Å². The number of nitrogens with zero attached hydrogens (tertiary/aromatic N) is 8. The van der Waals surface area contributed by atoms with Gasteiger partial charge in [-0.2, -0.15) is 0 Å². The Kier molecular flexibility index (Phi) is 31.2. The number of carbonyl (C=O) groups is 2. The number of phenols is 1. The van der Waals surface area contributed by atoms with Crippen molar-refractivity contribution < 1.29 is 89.4 Å². The molecule has 4 aliphatic heterocycles. The standard InChI is InChI=1S/2C21H29ClN2O5S.C20H27ClN2O3S.C17H22ClNO3S.C15H21ClN2O3S.ClH/c2*1-20(2,3)18-23-15-8-7-14(22)17(16(15)28-18)30(26,27)13-9-11-24(12-10-13)19(25)29-21(4,5)6;1-20(2,3)19-22-16-8-7-15(21)18(17(16)26-19)27(24,25)14-9-11-23(12-10-14)13-5-4-6-13;1-17(2,3)16-19-13-10-9-12(18)15(14(13)22-16)23(20,21)11-7-5-4-6-8-11;16-12-4-5-13(17)14(19)15(12)22(20,21)11-6-8-18(9-7-11)10-2-1-3-10;/h2*7-8,13H,9-12H2,1-6H3;7-8,13-14H,4-6,9-12H2,1-3H3;9-11H,4-8H2,1-3H3;4-5,10-11,19H,1-3,6-9,17H2;1H/i13D;;14D;2*11D;. The summed E-state index contributed by atoms with van der Waals surface area (Å²) in [4.78, 5) is 49.1. The molecule has 28 nitrogen and oxygen atoms in total. The molecule has 16 rings (SSSR count). The first kappa shape index (κ1) is 101. The number of nitrogen functional groups attached to an aromatic ring is 1. The molecule has 133 heavy (non-hydrogen) atoms. The van der Waals surface area contributed by atoms with Crippen LogP contribution in [0.5, 0.6) is 5.75 Å². The van der Waals surface area contributed by atoms with E-state index >= 15 is 0 Å². The molecule has 3 aliphatic carbocycles. The highest BCUT2D eigenvalue weighted by Crippen LogP contribution is 2.46. The van der Waals surface area contributed by atoms with E-state index in [2.05, 4.69) is 29.7 Å². The number of amides is 2. The molecule has 3 N–H and O–H groups in total. The third-order valence-corrected chi connectivity index (χ3v) is 37.1. The van der Waals surface area contributed by atoms with Crippen LogP contribution in [-0.2, 0) is 80.3 Å². The van der Waals surface area contributed by atoms with Crippen molar-refractivity contribution in [3.05, 3.63) is 109 Å². The highest BCUT2D eigenvalue weighted by molar-refractivity contribution is 7.93. The number of benzene rings is 5. The number of aromatic hydroxyl groups is 1. The Morgan fingerprint density at radius 1 is 0.361 bits per heavy atom. The summed E-state index contributed by atoms with van der Waals surface area (Å²) >= 11 is 31.2. The number of hydrogen-bond acceptors (Lipinski definition) is 26. The first-order valence-electron chi connectivity index (χ1n) is 46.9. The number of nitrogens with two attached hydrogens (primary N) is 1. The van der Waals surface area contributed by atoms with E-state index in [9.17, 15) is 56.8 Å². The van der Waals surface area contributed by atoms with Crippen molar-refractivity contribution in [1.29, 1.82) is 0 Å². The number of fused-ring (bicyclic) bond motifs is 4. The van der Waals surface area contributed by atoms with Gasteiger partial charge in [-0.15, -0.1) is 12.4 Å². The van der Waals surface area contributed by atoms with Crippen molar-refractivity contribution in [2.45, 2.75) is 342 Å². The SMILES string of the molecule is CC(C)(C)OC(=O)N1CCC(S(=O)(=O)c2c(Cl)ccc3nc(C(C)(C)C)oc23)CC1.Cl.[2H]C1(S(=O)(=O)c2c(Cl)ccc(N)c2O)CCN(C2CCC2)CC1.[2H]C1(S(=O)(=O)c2c(Cl)ccc3nc(C(C)(C)C)oc23)CCCCC1.[2H]C1(S(=O)(=O)c2c(Cl)ccc3nc(C(C)(C)C)oc23)CCN(C(=O)OC(C)(C)C)CC1.[2H]C1(S(=O)(=O)c2c(Cl)ccc3nc(C(C)(C)C)oc23)CCN(C2CCC2)CC1. The summed E-state index contributed by atoms with van der Waals surface area (Å²) in [5, 5.41) is 2.94. The third-order valence-electron chi connectivity index (χ3n) is 24.2. The molecule has 9 aromatic rings. The van der Waals surface area contributed by atoms with E-state index < -0.39 is 115 Å². The summed E-state index contributed by atoms with van der Waals surface area (Å²) < 4.78 is 203. The van der Waals surface area contributed by atoms with Crippen molar-refractivity contribution in [3.8, 4) is 5.75 Å². The van der Waals surface area contributed by atoms with Gasteiger partial charge in [0.1, 0.15) is 57.7 Å². The number of rotatable bonds is 12. The Labute approximate surface area is 819 Å². The number of anilines is 1. The van der Waals surface area contributed by atoms with Crippen molar-refractivity contribution in [2.24, 2.45) is 0 Å². The lowest BCUT2D eigenvalue weighted by Gasteiger charge is -2.41. The number of likely N-dealkylation sites (tertiary alicyclic amines) is 4. The molecule has 736 valence electrons. The van der Waals surface area contributed by atoms with Crippen molar-refractivity contribution in [2.75, 3.05) is 58.1 Å². The van der Waals surface area contributed by atoms with Crippen LogP contribution in [0.2, 0.25) is 25.1 Å².